The molecule has 0 spiro atoms. The molecule has 0 fully saturated rings. The summed E-state index contributed by atoms with van der Waals surface area (Å²) in [5.74, 6) is 0.962. The van der Waals surface area contributed by atoms with Crippen molar-refractivity contribution in [3.05, 3.63) is 65.8 Å². The molecule has 4 rings (SSSR count). The molecule has 138 valence electrons. The van der Waals surface area contributed by atoms with Gasteiger partial charge in [-0.05, 0) is 36.7 Å². The van der Waals surface area contributed by atoms with Gasteiger partial charge in [0.25, 0.3) is 0 Å². The second-order valence-corrected chi connectivity index (χ2v) is 6.85. The van der Waals surface area contributed by atoms with Crippen molar-refractivity contribution in [2.24, 2.45) is 0 Å². The quantitative estimate of drug-likeness (QED) is 0.707. The van der Waals surface area contributed by atoms with Crippen LogP contribution in [0.2, 0.25) is 0 Å². The fourth-order valence-corrected chi connectivity index (χ4v) is 3.40. The van der Waals surface area contributed by atoms with Gasteiger partial charge < -0.3 is 9.42 Å². The highest BCUT2D eigenvalue weighted by molar-refractivity contribution is 5.82. The number of carbonyl (C=O) groups excluding carboxylic acids is 1. The normalized spacial score (nSPS) is 16.7. The Morgan fingerprint density at radius 1 is 1.22 bits per heavy atom. The predicted molar refractivity (Wildman–Crippen MR) is 99.4 cm³/mol. The molecule has 1 unspecified atom stereocenters. The molecule has 7 nitrogen and oxygen atoms in total. The van der Waals surface area contributed by atoms with E-state index in [1.807, 2.05) is 31.3 Å². The molecule has 3 heterocycles. The highest BCUT2D eigenvalue weighted by Crippen LogP contribution is 2.23. The zero-order chi connectivity index (χ0) is 18.8. The van der Waals surface area contributed by atoms with Gasteiger partial charge in [0.2, 0.25) is 17.6 Å². The molecular weight excluding hydrogens is 342 g/mol. The Labute approximate surface area is 157 Å². The van der Waals surface area contributed by atoms with Gasteiger partial charge in [0.05, 0.1) is 12.6 Å². The average Bonchev–Trinajstić information content (AvgIpc) is 3.16. The number of hydrogen-bond acceptors (Lipinski definition) is 6. The molecule has 1 aromatic carbocycles. The molecule has 0 N–H and O–H groups in total. The molecule has 0 aliphatic carbocycles. The van der Waals surface area contributed by atoms with Crippen LogP contribution >= 0.6 is 0 Å². The molecule has 27 heavy (non-hydrogen) atoms. The van der Waals surface area contributed by atoms with Crippen molar-refractivity contribution >= 4 is 5.91 Å². The lowest BCUT2D eigenvalue weighted by atomic mass is 9.94. The number of fused-ring (bicyclic) bond motifs is 1. The van der Waals surface area contributed by atoms with Crippen molar-refractivity contribution in [1.82, 2.24) is 24.9 Å². The maximum absolute atomic E-state index is 13.0. The number of rotatable bonds is 4. The van der Waals surface area contributed by atoms with Gasteiger partial charge in [0, 0.05) is 31.5 Å². The van der Waals surface area contributed by atoms with Crippen LogP contribution in [0.3, 0.4) is 0 Å². The fraction of sp³-hybridized carbons (Fsp3) is 0.300. The summed E-state index contributed by atoms with van der Waals surface area (Å²) in [5.41, 5.74) is 3.35. The van der Waals surface area contributed by atoms with E-state index in [2.05, 4.69) is 32.2 Å². The molecule has 0 saturated heterocycles. The molecule has 0 bridgehead atoms. The number of aromatic nitrogens is 3. The van der Waals surface area contributed by atoms with E-state index in [4.69, 9.17) is 4.52 Å². The first kappa shape index (κ1) is 17.4. The standard InChI is InChI=1S/C20H21N5O2/c1-24-12-16-6-4-3-5-15(16)11-17(24)20(26)25(2)13-18-22-19(23-27-18)14-7-9-21-10-8-14/h3-10,17H,11-13H2,1-2H3. The smallest absolute Gasteiger partial charge is 0.246 e. The molecule has 2 aromatic heterocycles. The number of likely N-dealkylation sites (N-methyl/N-ethyl adjacent to an activating group) is 2. The number of amides is 1. The Morgan fingerprint density at radius 3 is 2.74 bits per heavy atom. The number of hydrogen-bond donors (Lipinski definition) is 0. The van der Waals surface area contributed by atoms with Gasteiger partial charge in [0.1, 0.15) is 0 Å². The summed E-state index contributed by atoms with van der Waals surface area (Å²) < 4.78 is 5.32. The Hall–Kier alpha value is -3.06. The van der Waals surface area contributed by atoms with E-state index in [9.17, 15) is 4.79 Å². The molecule has 1 aliphatic heterocycles. The number of nitrogens with zero attached hydrogens (tertiary/aromatic N) is 5. The lowest BCUT2D eigenvalue weighted by molar-refractivity contribution is -0.136. The van der Waals surface area contributed by atoms with E-state index in [1.54, 1.807) is 24.3 Å². The summed E-state index contributed by atoms with van der Waals surface area (Å²) in [6.45, 7) is 1.05. The molecule has 1 atom stereocenters. The van der Waals surface area contributed by atoms with Crippen LogP contribution in [0.4, 0.5) is 0 Å². The van der Waals surface area contributed by atoms with Crippen molar-refractivity contribution in [2.45, 2.75) is 25.6 Å². The van der Waals surface area contributed by atoms with Gasteiger partial charge in [-0.15, -0.1) is 0 Å². The maximum atomic E-state index is 13.0. The molecular formula is C20H21N5O2. The van der Waals surface area contributed by atoms with Crippen LogP contribution in [0, 0.1) is 0 Å². The minimum atomic E-state index is -0.188. The van der Waals surface area contributed by atoms with Crippen LogP contribution in [-0.2, 0) is 24.3 Å². The minimum Gasteiger partial charge on any atom is -0.337 e. The van der Waals surface area contributed by atoms with Gasteiger partial charge in [-0.2, -0.15) is 4.98 Å². The topological polar surface area (TPSA) is 75.4 Å². The largest absolute Gasteiger partial charge is 0.337 e. The second-order valence-electron chi connectivity index (χ2n) is 6.85. The van der Waals surface area contributed by atoms with Crippen molar-refractivity contribution < 1.29 is 9.32 Å². The van der Waals surface area contributed by atoms with E-state index in [-0.39, 0.29) is 18.5 Å². The van der Waals surface area contributed by atoms with Crippen LogP contribution in [0.1, 0.15) is 17.0 Å². The Kier molecular flexibility index (Phi) is 4.68. The van der Waals surface area contributed by atoms with Gasteiger partial charge >= 0.3 is 0 Å². The summed E-state index contributed by atoms with van der Waals surface area (Å²) in [4.78, 5) is 25.1. The van der Waals surface area contributed by atoms with E-state index in [0.717, 1.165) is 12.1 Å². The number of benzene rings is 1. The highest BCUT2D eigenvalue weighted by Gasteiger charge is 2.31. The van der Waals surface area contributed by atoms with Gasteiger partial charge in [-0.1, -0.05) is 29.4 Å². The first-order valence-electron chi connectivity index (χ1n) is 8.87. The third-order valence-electron chi connectivity index (χ3n) is 4.92. The number of pyridine rings is 1. The lowest BCUT2D eigenvalue weighted by Gasteiger charge is -2.35. The Morgan fingerprint density at radius 2 is 1.96 bits per heavy atom. The summed E-state index contributed by atoms with van der Waals surface area (Å²) in [5, 5.41) is 3.99. The second kappa shape index (κ2) is 7.28. The van der Waals surface area contributed by atoms with E-state index in [0.29, 0.717) is 18.1 Å². The first-order chi connectivity index (χ1) is 13.1. The van der Waals surface area contributed by atoms with Crippen molar-refractivity contribution in [1.29, 1.82) is 0 Å². The maximum Gasteiger partial charge on any atom is 0.246 e. The zero-order valence-electron chi connectivity index (χ0n) is 15.4. The zero-order valence-corrected chi connectivity index (χ0v) is 15.4. The molecule has 0 radical (unpaired) electrons. The molecule has 1 amide bonds. The van der Waals surface area contributed by atoms with Crippen LogP contribution in [0.15, 0.2) is 53.3 Å². The molecule has 7 heteroatoms. The van der Waals surface area contributed by atoms with E-state index in [1.165, 1.54) is 11.1 Å². The third-order valence-corrected chi connectivity index (χ3v) is 4.92. The van der Waals surface area contributed by atoms with Gasteiger partial charge in [0.15, 0.2) is 0 Å². The monoisotopic (exact) mass is 363 g/mol. The minimum absolute atomic E-state index is 0.0515. The van der Waals surface area contributed by atoms with Crippen LogP contribution in [0.25, 0.3) is 11.4 Å². The summed E-state index contributed by atoms with van der Waals surface area (Å²) >= 11 is 0. The SMILES string of the molecule is CN(Cc1nc(-c2ccncc2)no1)C(=O)C1Cc2ccccc2CN1C. The predicted octanol–water partition coefficient (Wildman–Crippen LogP) is 2.15. The Bertz CT molecular complexity index is 940. The molecule has 0 saturated carbocycles. The molecule has 1 aliphatic rings. The Balaban J connectivity index is 1.45. The average molecular weight is 363 g/mol. The summed E-state index contributed by atoms with van der Waals surface area (Å²) in [7, 11) is 3.76. The van der Waals surface area contributed by atoms with Crippen LogP contribution in [0.5, 0.6) is 0 Å². The van der Waals surface area contributed by atoms with E-state index < -0.39 is 0 Å². The van der Waals surface area contributed by atoms with Gasteiger partial charge in [-0.25, -0.2) is 0 Å². The lowest BCUT2D eigenvalue weighted by Crippen LogP contribution is -2.48. The molecule has 3 aromatic rings. The summed E-state index contributed by atoms with van der Waals surface area (Å²) in [6, 6.07) is 11.7. The number of carbonyl (C=O) groups is 1. The van der Waals surface area contributed by atoms with Crippen molar-refractivity contribution in [3.63, 3.8) is 0 Å². The third kappa shape index (κ3) is 3.59. The van der Waals surface area contributed by atoms with Crippen LogP contribution < -0.4 is 0 Å². The highest BCUT2D eigenvalue weighted by atomic mass is 16.5. The van der Waals surface area contributed by atoms with E-state index >= 15 is 0 Å². The fourth-order valence-electron chi connectivity index (χ4n) is 3.40. The van der Waals surface area contributed by atoms with Crippen molar-refractivity contribution in [2.75, 3.05) is 14.1 Å². The van der Waals surface area contributed by atoms with Gasteiger partial charge in [-0.3, -0.25) is 14.7 Å². The first-order valence-corrected chi connectivity index (χ1v) is 8.87. The summed E-state index contributed by atoms with van der Waals surface area (Å²) in [6.07, 6.45) is 4.07. The van der Waals surface area contributed by atoms with Crippen molar-refractivity contribution in [3.8, 4) is 11.4 Å². The van der Waals surface area contributed by atoms with Crippen LogP contribution in [-0.4, -0.2) is 51.0 Å².